The monoisotopic (exact) mass is 251 g/mol. The summed E-state index contributed by atoms with van der Waals surface area (Å²) < 4.78 is 0. The Labute approximate surface area is 114 Å². The van der Waals surface area contributed by atoms with Crippen LogP contribution in [0.3, 0.4) is 0 Å². The van der Waals surface area contributed by atoms with Crippen LogP contribution in [0.15, 0.2) is 0 Å². The van der Waals surface area contributed by atoms with Crippen LogP contribution in [0.5, 0.6) is 0 Å². The highest BCUT2D eigenvalue weighted by molar-refractivity contribution is 4.88. The molecule has 1 heteroatoms. The molecule has 0 aromatic rings. The van der Waals surface area contributed by atoms with E-state index in [1.54, 1.807) is 0 Å². The smallest absolute Gasteiger partial charge is 0.00949 e. The Hall–Kier alpha value is -0.0400. The second-order valence-corrected chi connectivity index (χ2v) is 7.02. The molecule has 0 radical (unpaired) electrons. The van der Waals surface area contributed by atoms with Crippen LogP contribution in [0.2, 0.25) is 0 Å². The number of hydrogen-bond donors (Lipinski definition) is 1. The molecule has 2 fully saturated rings. The van der Waals surface area contributed by atoms with E-state index in [1.807, 2.05) is 0 Å². The van der Waals surface area contributed by atoms with Crippen molar-refractivity contribution in [3.05, 3.63) is 0 Å². The summed E-state index contributed by atoms with van der Waals surface area (Å²) in [6, 6.07) is 0.780. The van der Waals surface area contributed by atoms with Crippen molar-refractivity contribution in [3.8, 4) is 0 Å². The standard InChI is InChI=1S/C17H33N/c1-4-13(2)11-17(18-3)16-10-9-14-7-5-6-8-15(14)12-16/h13-18H,4-12H2,1-3H3. The van der Waals surface area contributed by atoms with E-state index in [1.165, 1.54) is 57.8 Å². The van der Waals surface area contributed by atoms with Gasteiger partial charge in [0.1, 0.15) is 0 Å². The average Bonchev–Trinajstić information content (AvgIpc) is 2.44. The van der Waals surface area contributed by atoms with Crippen LogP contribution in [0.4, 0.5) is 0 Å². The van der Waals surface area contributed by atoms with Gasteiger partial charge in [-0.1, -0.05) is 46.0 Å². The molecule has 2 saturated carbocycles. The van der Waals surface area contributed by atoms with Crippen molar-refractivity contribution in [1.29, 1.82) is 0 Å². The maximum atomic E-state index is 3.63. The van der Waals surface area contributed by atoms with Gasteiger partial charge in [-0.15, -0.1) is 0 Å². The molecule has 1 N–H and O–H groups in total. The fourth-order valence-electron chi connectivity index (χ4n) is 4.42. The minimum Gasteiger partial charge on any atom is -0.317 e. The molecule has 0 aromatic heterocycles. The van der Waals surface area contributed by atoms with E-state index in [-0.39, 0.29) is 0 Å². The number of hydrogen-bond acceptors (Lipinski definition) is 1. The highest BCUT2D eigenvalue weighted by atomic mass is 14.9. The summed E-state index contributed by atoms with van der Waals surface area (Å²) in [5.41, 5.74) is 0. The van der Waals surface area contributed by atoms with Gasteiger partial charge >= 0.3 is 0 Å². The van der Waals surface area contributed by atoms with Crippen LogP contribution in [0.25, 0.3) is 0 Å². The Bertz CT molecular complexity index is 238. The molecule has 18 heavy (non-hydrogen) atoms. The van der Waals surface area contributed by atoms with Crippen molar-refractivity contribution < 1.29 is 0 Å². The van der Waals surface area contributed by atoms with Crippen LogP contribution in [0, 0.1) is 23.7 Å². The maximum Gasteiger partial charge on any atom is 0.00949 e. The van der Waals surface area contributed by atoms with Gasteiger partial charge < -0.3 is 5.32 Å². The molecule has 2 aliphatic rings. The highest BCUT2D eigenvalue weighted by Gasteiger charge is 2.35. The molecule has 0 amide bonds. The zero-order chi connectivity index (χ0) is 13.0. The van der Waals surface area contributed by atoms with E-state index in [0.717, 1.165) is 29.7 Å². The molecule has 0 saturated heterocycles. The number of fused-ring (bicyclic) bond motifs is 1. The Balaban J connectivity index is 1.87. The van der Waals surface area contributed by atoms with Gasteiger partial charge in [-0.3, -0.25) is 0 Å². The van der Waals surface area contributed by atoms with Crippen molar-refractivity contribution in [1.82, 2.24) is 5.32 Å². The van der Waals surface area contributed by atoms with E-state index < -0.39 is 0 Å². The SMILES string of the molecule is CCC(C)CC(NC)C1CCC2CCCCC2C1. The fourth-order valence-corrected chi connectivity index (χ4v) is 4.42. The van der Waals surface area contributed by atoms with Crippen LogP contribution in [-0.4, -0.2) is 13.1 Å². The molecule has 106 valence electrons. The van der Waals surface area contributed by atoms with Crippen LogP contribution >= 0.6 is 0 Å². The lowest BCUT2D eigenvalue weighted by molar-refractivity contribution is 0.105. The average molecular weight is 251 g/mol. The lowest BCUT2D eigenvalue weighted by Crippen LogP contribution is -2.40. The topological polar surface area (TPSA) is 12.0 Å². The molecule has 0 heterocycles. The summed E-state index contributed by atoms with van der Waals surface area (Å²) >= 11 is 0. The van der Waals surface area contributed by atoms with Gasteiger partial charge in [-0.05, 0) is 56.4 Å². The molecule has 2 rings (SSSR count). The summed E-state index contributed by atoms with van der Waals surface area (Å²) in [5.74, 6) is 4.01. The molecule has 5 atom stereocenters. The van der Waals surface area contributed by atoms with Crippen molar-refractivity contribution in [3.63, 3.8) is 0 Å². The third-order valence-corrected chi connectivity index (χ3v) is 5.87. The maximum absolute atomic E-state index is 3.63. The third-order valence-electron chi connectivity index (χ3n) is 5.87. The lowest BCUT2D eigenvalue weighted by atomic mass is 9.65. The van der Waals surface area contributed by atoms with E-state index in [0.29, 0.717) is 0 Å². The lowest BCUT2D eigenvalue weighted by Gasteiger charge is -2.42. The minimum absolute atomic E-state index is 0.780. The predicted molar refractivity (Wildman–Crippen MR) is 79.7 cm³/mol. The van der Waals surface area contributed by atoms with Gasteiger partial charge in [0.05, 0.1) is 0 Å². The van der Waals surface area contributed by atoms with Crippen LogP contribution in [0.1, 0.15) is 71.6 Å². The Morgan fingerprint density at radius 3 is 2.44 bits per heavy atom. The normalized spacial score (nSPS) is 35.8. The molecular weight excluding hydrogens is 218 g/mol. The Kier molecular flexibility index (Phi) is 5.54. The molecule has 0 aromatic carbocycles. The predicted octanol–water partition coefficient (Wildman–Crippen LogP) is 4.62. The van der Waals surface area contributed by atoms with Gasteiger partial charge in [0.25, 0.3) is 0 Å². The fraction of sp³-hybridized carbons (Fsp3) is 1.00. The minimum atomic E-state index is 0.780. The summed E-state index contributed by atoms with van der Waals surface area (Å²) in [5, 5.41) is 3.63. The first kappa shape index (κ1) is 14.4. The molecule has 5 unspecified atom stereocenters. The summed E-state index contributed by atoms with van der Waals surface area (Å²) in [4.78, 5) is 0. The first-order chi connectivity index (χ1) is 8.74. The molecule has 1 nitrogen and oxygen atoms in total. The van der Waals surface area contributed by atoms with Gasteiger partial charge in [0, 0.05) is 6.04 Å². The summed E-state index contributed by atoms with van der Waals surface area (Å²) in [6.07, 6.45) is 13.3. The Morgan fingerprint density at radius 1 is 1.06 bits per heavy atom. The first-order valence-corrected chi connectivity index (χ1v) is 8.41. The van der Waals surface area contributed by atoms with Gasteiger partial charge in [0.2, 0.25) is 0 Å². The van der Waals surface area contributed by atoms with Crippen molar-refractivity contribution >= 4 is 0 Å². The molecule has 0 aliphatic heterocycles. The zero-order valence-corrected chi connectivity index (χ0v) is 12.8. The van der Waals surface area contributed by atoms with Gasteiger partial charge in [-0.25, -0.2) is 0 Å². The molecule has 0 bridgehead atoms. The molecule has 2 aliphatic carbocycles. The van der Waals surface area contributed by atoms with E-state index >= 15 is 0 Å². The summed E-state index contributed by atoms with van der Waals surface area (Å²) in [7, 11) is 2.18. The van der Waals surface area contributed by atoms with Crippen LogP contribution < -0.4 is 5.32 Å². The van der Waals surface area contributed by atoms with E-state index in [9.17, 15) is 0 Å². The van der Waals surface area contributed by atoms with Crippen molar-refractivity contribution in [2.24, 2.45) is 23.7 Å². The number of nitrogens with one attached hydrogen (secondary N) is 1. The second kappa shape index (κ2) is 6.93. The third kappa shape index (κ3) is 3.50. The van der Waals surface area contributed by atoms with E-state index in [4.69, 9.17) is 0 Å². The number of rotatable bonds is 5. The quantitative estimate of drug-likeness (QED) is 0.752. The summed E-state index contributed by atoms with van der Waals surface area (Å²) in [6.45, 7) is 4.74. The molecule has 0 spiro atoms. The first-order valence-electron chi connectivity index (χ1n) is 8.41. The van der Waals surface area contributed by atoms with Crippen LogP contribution in [-0.2, 0) is 0 Å². The molecular formula is C17H33N. The van der Waals surface area contributed by atoms with Gasteiger partial charge in [-0.2, -0.15) is 0 Å². The van der Waals surface area contributed by atoms with Gasteiger partial charge in [0.15, 0.2) is 0 Å². The second-order valence-electron chi connectivity index (χ2n) is 7.02. The largest absolute Gasteiger partial charge is 0.317 e. The van der Waals surface area contributed by atoms with E-state index in [2.05, 4.69) is 26.2 Å². The van der Waals surface area contributed by atoms with Crippen molar-refractivity contribution in [2.45, 2.75) is 77.7 Å². The highest BCUT2D eigenvalue weighted by Crippen LogP contribution is 2.44. The zero-order valence-electron chi connectivity index (χ0n) is 12.8. The van der Waals surface area contributed by atoms with Crippen molar-refractivity contribution in [2.75, 3.05) is 7.05 Å². The Morgan fingerprint density at radius 2 is 1.78 bits per heavy atom.